The maximum atomic E-state index is 12.7. The van der Waals surface area contributed by atoms with Gasteiger partial charge < -0.3 is 4.90 Å². The van der Waals surface area contributed by atoms with Crippen LogP contribution in [0.5, 0.6) is 0 Å². The van der Waals surface area contributed by atoms with E-state index < -0.39 is 5.67 Å². The Kier molecular flexibility index (Phi) is 8.08. The third-order valence-corrected chi connectivity index (χ3v) is 1.15. The second-order valence-electron chi connectivity index (χ2n) is 3.27. The summed E-state index contributed by atoms with van der Waals surface area (Å²) in [6, 6.07) is 0. The predicted molar refractivity (Wildman–Crippen MR) is 49.7 cm³/mol. The first-order chi connectivity index (χ1) is 4.92. The summed E-state index contributed by atoms with van der Waals surface area (Å²) in [4.78, 5) is 1.99. The molecular weight excluding hydrogens is 141 g/mol. The molecule has 70 valence electrons. The van der Waals surface area contributed by atoms with Crippen LogP contribution in [0.25, 0.3) is 0 Å². The molecule has 0 bridgehead atoms. The van der Waals surface area contributed by atoms with E-state index in [2.05, 4.69) is 0 Å². The molecule has 0 saturated heterocycles. The van der Waals surface area contributed by atoms with Crippen LogP contribution < -0.4 is 0 Å². The molecule has 0 aromatic rings. The lowest BCUT2D eigenvalue weighted by molar-refractivity contribution is 0.181. The summed E-state index contributed by atoms with van der Waals surface area (Å²) >= 11 is 0. The number of nitrogens with zero attached hydrogens (tertiary/aromatic N) is 1. The molecule has 0 N–H and O–H groups in total. The first-order valence-corrected chi connectivity index (χ1v) is 4.25. The van der Waals surface area contributed by atoms with Crippen molar-refractivity contribution in [2.45, 2.75) is 39.8 Å². The molecule has 0 fully saturated rings. The van der Waals surface area contributed by atoms with E-state index in [1.165, 1.54) is 0 Å². The van der Waals surface area contributed by atoms with Crippen molar-refractivity contribution in [3.8, 4) is 0 Å². The van der Waals surface area contributed by atoms with Gasteiger partial charge in [-0.25, -0.2) is 4.39 Å². The van der Waals surface area contributed by atoms with Crippen LogP contribution in [0.15, 0.2) is 0 Å². The van der Waals surface area contributed by atoms with Crippen molar-refractivity contribution < 1.29 is 4.39 Å². The molecule has 1 nitrogen and oxygen atoms in total. The van der Waals surface area contributed by atoms with Gasteiger partial charge in [0.15, 0.2) is 0 Å². The summed E-state index contributed by atoms with van der Waals surface area (Å²) in [6.07, 6.45) is 0.611. The molecule has 0 heterocycles. The van der Waals surface area contributed by atoms with E-state index in [-0.39, 0.29) is 0 Å². The van der Waals surface area contributed by atoms with Crippen LogP contribution in [-0.2, 0) is 0 Å². The van der Waals surface area contributed by atoms with Crippen LogP contribution in [0.3, 0.4) is 0 Å². The number of rotatable bonds is 3. The van der Waals surface area contributed by atoms with Gasteiger partial charge in [-0.1, -0.05) is 13.8 Å². The quantitative estimate of drug-likeness (QED) is 0.618. The zero-order valence-electron chi connectivity index (χ0n) is 8.74. The lowest BCUT2D eigenvalue weighted by Crippen LogP contribution is -2.22. The molecule has 0 aromatic carbocycles. The number of alkyl halides is 1. The summed E-state index contributed by atoms with van der Waals surface area (Å²) < 4.78 is 12.7. The molecule has 0 aliphatic carbocycles. The van der Waals surface area contributed by atoms with Crippen LogP contribution in [-0.4, -0.2) is 31.2 Å². The van der Waals surface area contributed by atoms with E-state index in [9.17, 15) is 4.39 Å². The van der Waals surface area contributed by atoms with Crippen molar-refractivity contribution in [1.29, 1.82) is 0 Å². The zero-order valence-corrected chi connectivity index (χ0v) is 8.74. The van der Waals surface area contributed by atoms with E-state index in [1.54, 1.807) is 13.8 Å². The second-order valence-corrected chi connectivity index (χ2v) is 3.27. The van der Waals surface area contributed by atoms with Gasteiger partial charge in [-0.3, -0.25) is 0 Å². The highest BCUT2D eigenvalue weighted by atomic mass is 19.1. The molecular formula is C9H22FN. The Bertz CT molecular complexity index is 74.1. The fraction of sp³-hybridized carbons (Fsp3) is 1.00. The van der Waals surface area contributed by atoms with E-state index in [0.29, 0.717) is 6.42 Å². The SMILES string of the molecule is CC.CN(C)CCC(C)(C)F. The summed E-state index contributed by atoms with van der Waals surface area (Å²) in [7, 11) is 3.90. The molecule has 0 aliphatic rings. The lowest BCUT2D eigenvalue weighted by atomic mass is 10.1. The molecule has 0 aromatic heterocycles. The van der Waals surface area contributed by atoms with Crippen molar-refractivity contribution in [2.75, 3.05) is 20.6 Å². The Morgan fingerprint density at radius 2 is 1.55 bits per heavy atom. The van der Waals surface area contributed by atoms with Crippen LogP contribution >= 0.6 is 0 Å². The summed E-state index contributed by atoms with van der Waals surface area (Å²) in [5, 5.41) is 0. The van der Waals surface area contributed by atoms with Crippen molar-refractivity contribution in [2.24, 2.45) is 0 Å². The maximum absolute atomic E-state index is 12.7. The van der Waals surface area contributed by atoms with E-state index in [4.69, 9.17) is 0 Å². The fourth-order valence-corrected chi connectivity index (χ4v) is 0.489. The third-order valence-electron chi connectivity index (χ3n) is 1.15. The van der Waals surface area contributed by atoms with Gasteiger partial charge in [0.1, 0.15) is 5.67 Å². The van der Waals surface area contributed by atoms with Gasteiger partial charge in [0.25, 0.3) is 0 Å². The van der Waals surface area contributed by atoms with Crippen molar-refractivity contribution >= 4 is 0 Å². The van der Waals surface area contributed by atoms with Crippen molar-refractivity contribution in [3.05, 3.63) is 0 Å². The fourth-order valence-electron chi connectivity index (χ4n) is 0.489. The first kappa shape index (κ1) is 13.5. The van der Waals surface area contributed by atoms with Crippen molar-refractivity contribution in [1.82, 2.24) is 4.90 Å². The molecule has 0 atom stereocenters. The predicted octanol–water partition coefficient (Wildman–Crippen LogP) is 2.71. The smallest absolute Gasteiger partial charge is 0.106 e. The van der Waals surface area contributed by atoms with E-state index >= 15 is 0 Å². The van der Waals surface area contributed by atoms with Crippen molar-refractivity contribution in [3.63, 3.8) is 0 Å². The Balaban J connectivity index is 0. The number of hydrogen-bond donors (Lipinski definition) is 0. The monoisotopic (exact) mass is 163 g/mol. The molecule has 0 unspecified atom stereocenters. The normalized spacial score (nSPS) is 10.9. The molecule has 0 aliphatic heterocycles. The lowest BCUT2D eigenvalue weighted by Gasteiger charge is -2.16. The molecule has 0 saturated carbocycles. The Morgan fingerprint density at radius 3 is 1.64 bits per heavy atom. The number of hydrogen-bond acceptors (Lipinski definition) is 1. The molecule has 0 radical (unpaired) electrons. The maximum Gasteiger partial charge on any atom is 0.106 e. The van der Waals surface area contributed by atoms with Crippen LogP contribution in [0, 0.1) is 0 Å². The van der Waals surface area contributed by atoms with E-state index in [0.717, 1.165) is 6.54 Å². The Hall–Kier alpha value is -0.110. The van der Waals surface area contributed by atoms with Gasteiger partial charge in [0, 0.05) is 6.54 Å². The first-order valence-electron chi connectivity index (χ1n) is 4.25. The van der Waals surface area contributed by atoms with Gasteiger partial charge in [-0.15, -0.1) is 0 Å². The molecule has 2 heteroatoms. The van der Waals surface area contributed by atoms with Gasteiger partial charge in [0.05, 0.1) is 0 Å². The molecule has 0 spiro atoms. The minimum Gasteiger partial charge on any atom is -0.309 e. The highest BCUT2D eigenvalue weighted by Crippen LogP contribution is 2.12. The topological polar surface area (TPSA) is 3.24 Å². The largest absolute Gasteiger partial charge is 0.309 e. The average Bonchev–Trinajstić information content (AvgIpc) is 1.87. The van der Waals surface area contributed by atoms with E-state index in [1.807, 2.05) is 32.8 Å². The Labute approximate surface area is 70.6 Å². The average molecular weight is 163 g/mol. The minimum absolute atomic E-state index is 0.611. The minimum atomic E-state index is -1.01. The van der Waals surface area contributed by atoms with Crippen LogP contribution in [0.4, 0.5) is 4.39 Å². The third kappa shape index (κ3) is 17.7. The highest BCUT2D eigenvalue weighted by Gasteiger charge is 2.14. The molecule has 0 amide bonds. The van der Waals surface area contributed by atoms with Gasteiger partial charge in [-0.2, -0.15) is 0 Å². The highest BCUT2D eigenvalue weighted by molar-refractivity contribution is 4.66. The summed E-state index contributed by atoms with van der Waals surface area (Å²) in [5.41, 5.74) is -1.01. The zero-order chi connectivity index (χ0) is 9.49. The standard InChI is InChI=1S/C7H16FN.C2H6/c1-7(2,8)5-6-9(3)4;1-2/h5-6H2,1-4H3;1-2H3. The van der Waals surface area contributed by atoms with Gasteiger partial charge in [-0.05, 0) is 34.4 Å². The van der Waals surface area contributed by atoms with Crippen LogP contribution in [0.2, 0.25) is 0 Å². The van der Waals surface area contributed by atoms with Gasteiger partial charge >= 0.3 is 0 Å². The van der Waals surface area contributed by atoms with Gasteiger partial charge in [0.2, 0.25) is 0 Å². The Morgan fingerprint density at radius 1 is 1.18 bits per heavy atom. The molecule has 0 rings (SSSR count). The van der Waals surface area contributed by atoms with Crippen LogP contribution in [0.1, 0.15) is 34.1 Å². The molecule has 11 heavy (non-hydrogen) atoms. The number of halogens is 1. The second kappa shape index (κ2) is 6.59. The summed E-state index contributed by atoms with van der Waals surface area (Å²) in [5.74, 6) is 0. The summed E-state index contributed by atoms with van der Waals surface area (Å²) in [6.45, 7) is 8.04.